The second-order valence-electron chi connectivity index (χ2n) is 19.0. The Balaban J connectivity index is 0. The molecular weight excluding hydrogens is 1900 g/mol. The fourth-order valence-corrected chi connectivity index (χ4v) is 8.49. The predicted molar refractivity (Wildman–Crippen MR) is 422 cm³/mol. The molecule has 0 fully saturated rings. The maximum atomic E-state index is 12.0. The second kappa shape index (κ2) is 53.3. The van der Waals surface area contributed by atoms with Crippen LogP contribution < -0.4 is 22.1 Å². The normalized spacial score (nSPS) is 10.4. The number of carboxylic acids is 2. The van der Waals surface area contributed by atoms with Crippen molar-refractivity contribution in [1.29, 1.82) is 0 Å². The second-order valence-corrected chi connectivity index (χ2v) is 24.5. The SMILES string of the molecule is BrBr.C.C.CC(=O)O.CC(=O)c1ccc(I)cc1.C[C@H](NC(=O)OCc1ccccc1)C(=O)O.C[C@H](NC(=O)OCc1ccccc1)C(=O)OCC(=O)c1ccc(I)cc1.C[C@H](NC(=O)OCc1ccccc1)c1ncc(-c2ccc(I)cc2)[nH]1.N.O=C(CBr)c1ccc(I)cc1. The number of nitrogens with zero attached hydrogens (tertiary/aromatic N) is 1. The van der Waals surface area contributed by atoms with E-state index in [0.29, 0.717) is 16.7 Å². The molecule has 8 aromatic rings. The highest BCUT2D eigenvalue weighted by atomic mass is 127. The third-order valence-corrected chi connectivity index (χ3v) is 15.0. The molecule has 3 amide bonds. The molecule has 21 nitrogen and oxygen atoms in total. The summed E-state index contributed by atoms with van der Waals surface area (Å²) in [7, 11) is 0. The quantitative estimate of drug-likeness (QED) is 0.0130. The van der Waals surface area contributed by atoms with Gasteiger partial charge in [0, 0.05) is 66.2 Å². The number of rotatable bonds is 19. The maximum Gasteiger partial charge on any atom is 0.408 e. The first kappa shape index (κ1) is 92.4. The van der Waals surface area contributed by atoms with Crippen molar-refractivity contribution in [3.63, 3.8) is 0 Å². The van der Waals surface area contributed by atoms with Crippen LogP contribution in [0, 0.1) is 14.3 Å². The van der Waals surface area contributed by atoms with Crippen LogP contribution in [0.3, 0.4) is 0 Å². The number of alkyl halides is 1. The van der Waals surface area contributed by atoms with Gasteiger partial charge in [-0.05, 0) is 189 Å². The van der Waals surface area contributed by atoms with Gasteiger partial charge in [0.05, 0.1) is 23.3 Å². The van der Waals surface area contributed by atoms with Crippen molar-refractivity contribution in [2.24, 2.45) is 0 Å². The third-order valence-electron chi connectivity index (χ3n) is 11.6. The van der Waals surface area contributed by atoms with Crippen LogP contribution in [-0.4, -0.2) is 97.7 Å². The first-order valence-electron chi connectivity index (χ1n) is 27.7. The van der Waals surface area contributed by atoms with Crippen molar-refractivity contribution in [3.8, 4) is 11.3 Å². The Hall–Kier alpha value is -6.70. The van der Waals surface area contributed by atoms with Crippen molar-refractivity contribution < 1.29 is 72.3 Å². The highest BCUT2D eigenvalue weighted by molar-refractivity contribution is 14.1. The van der Waals surface area contributed by atoms with Crippen LogP contribution in [0.25, 0.3) is 11.3 Å². The van der Waals surface area contributed by atoms with Gasteiger partial charge in [-0.3, -0.25) is 24.0 Å². The smallest absolute Gasteiger partial charge is 0.408 e. The molecule has 0 bridgehead atoms. The number of esters is 1. The van der Waals surface area contributed by atoms with Gasteiger partial charge in [-0.15, -0.1) is 0 Å². The zero-order chi connectivity index (χ0) is 70.0. The molecule has 0 saturated carbocycles. The number of alkyl carbamates (subject to hydrolysis) is 3. The molecule has 28 heteroatoms. The molecule has 8 rings (SSSR count). The van der Waals surface area contributed by atoms with Crippen molar-refractivity contribution in [2.45, 2.75) is 87.4 Å². The van der Waals surface area contributed by atoms with E-state index in [4.69, 9.17) is 34.0 Å². The average molecular weight is 1980 g/mol. The van der Waals surface area contributed by atoms with Gasteiger partial charge in [0.25, 0.3) is 5.97 Å². The van der Waals surface area contributed by atoms with Gasteiger partial charge in [-0.2, -0.15) is 0 Å². The van der Waals surface area contributed by atoms with Crippen LogP contribution in [-0.2, 0) is 53.2 Å². The minimum absolute atomic E-state index is 0. The Bertz CT molecular complexity index is 3600. The monoisotopic (exact) mass is 1970 g/mol. The number of aromatic amines is 1. The van der Waals surface area contributed by atoms with Gasteiger partial charge in [-0.25, -0.2) is 24.2 Å². The lowest BCUT2D eigenvalue weighted by atomic mass is 10.1. The number of benzene rings is 7. The Morgan fingerprint density at radius 1 is 0.485 bits per heavy atom. The topological polar surface area (TPSA) is 331 Å². The third kappa shape index (κ3) is 41.3. The number of H-pyrrole nitrogens is 1. The van der Waals surface area contributed by atoms with Gasteiger partial charge < -0.3 is 56.2 Å². The van der Waals surface area contributed by atoms with Gasteiger partial charge in [0.1, 0.15) is 37.7 Å². The van der Waals surface area contributed by atoms with E-state index in [9.17, 15) is 38.4 Å². The number of ether oxygens (including phenoxy) is 4. The van der Waals surface area contributed by atoms with E-state index in [-0.39, 0.29) is 70.8 Å². The summed E-state index contributed by atoms with van der Waals surface area (Å²) < 4.78 is 24.5. The number of amides is 3. The molecule has 97 heavy (non-hydrogen) atoms. The molecule has 0 saturated heterocycles. The number of aliphatic carboxylic acids is 2. The number of halogens is 7. The van der Waals surface area contributed by atoms with Crippen molar-refractivity contribution in [3.05, 3.63) is 248 Å². The number of aromatic nitrogens is 2. The van der Waals surface area contributed by atoms with Crippen molar-refractivity contribution >= 4 is 188 Å². The Morgan fingerprint density at radius 3 is 1.16 bits per heavy atom. The summed E-state index contributed by atoms with van der Waals surface area (Å²) in [5.74, 6) is -2.02. The van der Waals surface area contributed by atoms with E-state index in [1.54, 1.807) is 37.4 Å². The van der Waals surface area contributed by atoms with Crippen LogP contribution in [0.2, 0.25) is 0 Å². The van der Waals surface area contributed by atoms with E-state index < -0.39 is 48.3 Å². The first-order chi connectivity index (χ1) is 44.8. The van der Waals surface area contributed by atoms with E-state index in [1.807, 2.05) is 171 Å². The largest absolute Gasteiger partial charge is 0.481 e. The summed E-state index contributed by atoms with van der Waals surface area (Å²) in [5.41, 5.74) is 6.60. The molecule has 0 aliphatic heterocycles. The van der Waals surface area contributed by atoms with Crippen LogP contribution >= 0.6 is 135 Å². The highest BCUT2D eigenvalue weighted by Gasteiger charge is 2.20. The Kier molecular flexibility index (Phi) is 50.7. The lowest BCUT2D eigenvalue weighted by Gasteiger charge is -2.13. The van der Waals surface area contributed by atoms with E-state index >= 15 is 0 Å². The summed E-state index contributed by atoms with van der Waals surface area (Å²) >= 11 is 17.4. The van der Waals surface area contributed by atoms with Crippen molar-refractivity contribution in [1.82, 2.24) is 32.1 Å². The standard InChI is InChI=1S/C19H18IN3O2.C19H18INO5.C11H13NO4.C8H6BrIO.C8H7IO.C2H4O2.2CH4.Br2.H3N/c1-13(22-19(24)25-12-14-5-3-2-4-6-14)18-21-11-17(23-18)15-7-9-16(20)10-8-15;1-13(21-19(24)26-11-14-5-3-2-4-6-14)18(23)25-12-17(22)15-7-9-16(20)10-8-15;1-8(10(13)14)12-11(15)16-7-9-5-3-2-4-6-9;9-5-8(11)6-1-3-7(10)4-2-6;1-6(10)7-2-4-8(9)5-3-7;1-2(3)4;;;1-2;/h2-11,13H,12H2,1H3,(H,21,23)(H,22,24);2-10,13H,11-12H2,1H3,(H,21,24);2-6,8H,7H2,1H3,(H,12,15)(H,13,14);1-4H,5H2;2-5H,1H3;1H3,(H,3,4);2*1H4;;1H3/t2*13-;8-;;;;;;;/m000......./s1. The summed E-state index contributed by atoms with van der Waals surface area (Å²) in [6.45, 7) is 7.42. The fourth-order valence-electron chi connectivity index (χ4n) is 6.72. The summed E-state index contributed by atoms with van der Waals surface area (Å²) in [6.07, 6.45) is -0.171. The highest BCUT2D eigenvalue weighted by Crippen LogP contribution is 2.21. The maximum absolute atomic E-state index is 12.0. The van der Waals surface area contributed by atoms with Crippen molar-refractivity contribution in [2.75, 3.05) is 11.9 Å². The molecule has 0 aliphatic rings. The average Bonchev–Trinajstić information content (AvgIpc) is 3.04. The zero-order valence-electron chi connectivity index (χ0n) is 51.7. The van der Waals surface area contributed by atoms with Gasteiger partial charge in [0.2, 0.25) is 0 Å². The number of imidazole rings is 1. The number of hydrogen-bond acceptors (Lipinski definition) is 15. The lowest BCUT2D eigenvalue weighted by molar-refractivity contribution is -0.144. The summed E-state index contributed by atoms with van der Waals surface area (Å²) in [4.78, 5) is 108. The Labute approximate surface area is 644 Å². The van der Waals surface area contributed by atoms with Gasteiger partial charge >= 0.3 is 30.2 Å². The van der Waals surface area contributed by atoms with Crippen LogP contribution in [0.1, 0.15) is 109 Å². The number of nitrogens with one attached hydrogen (secondary N) is 4. The summed E-state index contributed by atoms with van der Waals surface area (Å²) in [6, 6.07) is 55.9. The van der Waals surface area contributed by atoms with Crippen LogP contribution in [0.5, 0.6) is 0 Å². The van der Waals surface area contributed by atoms with E-state index in [2.05, 4.69) is 160 Å². The number of Topliss-reactive ketones (excluding diaryl/α,β-unsaturated/α-hetero) is 3. The molecule has 522 valence electrons. The number of hydrogen-bond donors (Lipinski definition) is 7. The molecule has 9 N–H and O–H groups in total. The molecule has 3 atom stereocenters. The molecule has 7 aromatic carbocycles. The number of ketones is 3. The van der Waals surface area contributed by atoms with Crippen LogP contribution in [0.4, 0.5) is 14.4 Å². The van der Waals surface area contributed by atoms with E-state index in [1.165, 1.54) is 17.4 Å². The summed E-state index contributed by atoms with van der Waals surface area (Å²) in [5, 5.41) is 23.7. The van der Waals surface area contributed by atoms with E-state index in [0.717, 1.165) is 56.7 Å². The molecular formula is C69H77Br3I4N6O15. The molecule has 0 spiro atoms. The molecule has 1 heterocycles. The molecule has 0 radical (unpaired) electrons. The minimum atomic E-state index is -1.10. The zero-order valence-corrected chi connectivity index (χ0v) is 65.1. The molecule has 0 unspecified atom stereocenters. The number of carbonyl (C=O) groups excluding carboxylic acids is 7. The van der Waals surface area contributed by atoms with Gasteiger partial charge in [0.15, 0.2) is 24.0 Å². The minimum Gasteiger partial charge on any atom is -0.481 e. The Morgan fingerprint density at radius 2 is 0.814 bits per heavy atom. The first-order valence-corrected chi connectivity index (χ1v) is 36.8. The fraction of sp³-hybridized carbons (Fsp3) is 0.217. The van der Waals surface area contributed by atoms with Crippen LogP contribution in [0.15, 0.2) is 194 Å². The molecule has 1 aromatic heterocycles. The number of carboxylic acid groups (broad SMARTS) is 2. The predicted octanol–water partition coefficient (Wildman–Crippen LogP) is 18.0. The van der Waals surface area contributed by atoms with Gasteiger partial charge in [-0.1, -0.05) is 170 Å². The lowest BCUT2D eigenvalue weighted by Crippen LogP contribution is -2.40. The number of carbonyl (C=O) groups is 9. The molecule has 0 aliphatic carbocycles.